The summed E-state index contributed by atoms with van der Waals surface area (Å²) in [5.41, 5.74) is 1.25. The third-order valence-electron chi connectivity index (χ3n) is 2.66. The molecule has 0 saturated carbocycles. The molecule has 0 aliphatic carbocycles. The molecule has 6 heteroatoms. The number of H-pyrrole nitrogens is 1. The second kappa shape index (κ2) is 4.08. The van der Waals surface area contributed by atoms with Crippen molar-refractivity contribution in [2.45, 2.75) is 6.61 Å². The zero-order chi connectivity index (χ0) is 12.5. The van der Waals surface area contributed by atoms with Gasteiger partial charge in [0.25, 0.3) is 0 Å². The van der Waals surface area contributed by atoms with E-state index in [1.807, 2.05) is 0 Å². The Kier molecular flexibility index (Phi) is 2.42. The van der Waals surface area contributed by atoms with Gasteiger partial charge in [-0.15, -0.1) is 0 Å². The number of fused-ring (bicyclic) bond motifs is 1. The van der Waals surface area contributed by atoms with Crippen molar-refractivity contribution >= 4 is 10.9 Å². The van der Waals surface area contributed by atoms with Crippen molar-refractivity contribution in [2.24, 2.45) is 0 Å². The second-order valence-electron chi connectivity index (χ2n) is 3.87. The predicted molar refractivity (Wildman–Crippen MR) is 65.4 cm³/mol. The minimum atomic E-state index is -0.156. The van der Waals surface area contributed by atoms with E-state index >= 15 is 0 Å². The molecule has 0 aliphatic rings. The Labute approximate surface area is 102 Å². The molecule has 3 rings (SSSR count). The lowest BCUT2D eigenvalue weighted by atomic mass is 10.2. The Bertz CT molecular complexity index is 760. The van der Waals surface area contributed by atoms with E-state index in [1.165, 1.54) is 6.07 Å². The molecule has 0 fully saturated rings. The van der Waals surface area contributed by atoms with Crippen molar-refractivity contribution in [3.63, 3.8) is 0 Å². The lowest BCUT2D eigenvalue weighted by Crippen LogP contribution is -2.05. The van der Waals surface area contributed by atoms with Crippen LogP contribution in [0.4, 0.5) is 0 Å². The predicted octanol–water partition coefficient (Wildman–Crippen LogP) is 0.601. The van der Waals surface area contributed by atoms with Crippen LogP contribution in [-0.2, 0) is 6.61 Å². The van der Waals surface area contributed by atoms with Gasteiger partial charge in [0.2, 0.25) is 5.56 Å². The van der Waals surface area contributed by atoms with E-state index in [0.717, 1.165) is 5.39 Å². The molecule has 0 bridgehead atoms. The van der Waals surface area contributed by atoms with Crippen molar-refractivity contribution in [2.75, 3.05) is 0 Å². The van der Waals surface area contributed by atoms with Gasteiger partial charge in [0.05, 0.1) is 18.3 Å². The van der Waals surface area contributed by atoms with E-state index in [2.05, 4.69) is 15.1 Å². The molecule has 18 heavy (non-hydrogen) atoms. The van der Waals surface area contributed by atoms with Gasteiger partial charge in [0, 0.05) is 29.4 Å². The Morgan fingerprint density at radius 1 is 1.33 bits per heavy atom. The number of nitrogens with one attached hydrogen (secondary N) is 1. The van der Waals surface area contributed by atoms with Gasteiger partial charge >= 0.3 is 0 Å². The molecule has 2 N–H and O–H groups in total. The van der Waals surface area contributed by atoms with Crippen molar-refractivity contribution in [3.8, 4) is 5.82 Å². The van der Waals surface area contributed by atoms with E-state index in [1.54, 1.807) is 35.4 Å². The highest BCUT2D eigenvalue weighted by Crippen LogP contribution is 2.16. The number of aromatic nitrogens is 4. The minimum absolute atomic E-state index is 0.0679. The molecule has 90 valence electrons. The van der Waals surface area contributed by atoms with Crippen LogP contribution in [-0.4, -0.2) is 24.9 Å². The van der Waals surface area contributed by atoms with E-state index < -0.39 is 0 Å². The van der Waals surface area contributed by atoms with Crippen LogP contribution in [0.2, 0.25) is 0 Å². The largest absolute Gasteiger partial charge is 0.392 e. The van der Waals surface area contributed by atoms with Crippen LogP contribution in [0.1, 0.15) is 5.56 Å². The molecule has 3 aromatic rings. The molecule has 0 spiro atoms. The molecular weight excluding hydrogens is 232 g/mol. The maximum Gasteiger partial charge on any atom is 0.248 e. The van der Waals surface area contributed by atoms with Crippen molar-refractivity contribution in [3.05, 3.63) is 52.7 Å². The monoisotopic (exact) mass is 242 g/mol. The summed E-state index contributed by atoms with van der Waals surface area (Å²) in [6.45, 7) is -0.0679. The zero-order valence-corrected chi connectivity index (χ0v) is 9.37. The number of aliphatic hydroxyl groups excluding tert-OH is 1. The van der Waals surface area contributed by atoms with Crippen LogP contribution < -0.4 is 5.56 Å². The van der Waals surface area contributed by atoms with Gasteiger partial charge in [-0.3, -0.25) is 4.79 Å². The van der Waals surface area contributed by atoms with Crippen molar-refractivity contribution in [1.29, 1.82) is 0 Å². The Morgan fingerprint density at radius 3 is 3.00 bits per heavy atom. The number of hydrogen-bond acceptors (Lipinski definition) is 4. The highest BCUT2D eigenvalue weighted by Gasteiger charge is 2.06. The summed E-state index contributed by atoms with van der Waals surface area (Å²) in [5, 5.41) is 14.0. The first-order valence-corrected chi connectivity index (χ1v) is 5.41. The van der Waals surface area contributed by atoms with E-state index in [9.17, 15) is 4.79 Å². The summed E-state index contributed by atoms with van der Waals surface area (Å²) >= 11 is 0. The summed E-state index contributed by atoms with van der Waals surface area (Å²) in [6, 6.07) is 4.89. The smallest absolute Gasteiger partial charge is 0.248 e. The van der Waals surface area contributed by atoms with Crippen LogP contribution in [0.5, 0.6) is 0 Å². The van der Waals surface area contributed by atoms with Crippen molar-refractivity contribution in [1.82, 2.24) is 19.7 Å². The summed E-state index contributed by atoms with van der Waals surface area (Å²) in [4.78, 5) is 18.2. The fourth-order valence-electron chi connectivity index (χ4n) is 1.81. The number of aliphatic hydroxyl groups is 1. The minimum Gasteiger partial charge on any atom is -0.392 e. The Hall–Kier alpha value is -2.47. The van der Waals surface area contributed by atoms with Crippen LogP contribution in [0.15, 0.2) is 41.6 Å². The highest BCUT2D eigenvalue weighted by atomic mass is 16.3. The van der Waals surface area contributed by atoms with E-state index in [-0.39, 0.29) is 12.2 Å². The van der Waals surface area contributed by atoms with Gasteiger partial charge in [-0.2, -0.15) is 5.10 Å². The van der Waals surface area contributed by atoms with Crippen LogP contribution in [0.25, 0.3) is 16.7 Å². The quantitative estimate of drug-likeness (QED) is 0.689. The number of pyridine rings is 2. The molecule has 3 heterocycles. The molecule has 0 radical (unpaired) electrons. The summed E-state index contributed by atoms with van der Waals surface area (Å²) in [7, 11) is 0. The molecule has 0 atom stereocenters. The van der Waals surface area contributed by atoms with Crippen LogP contribution in [0, 0.1) is 0 Å². The highest BCUT2D eigenvalue weighted by molar-refractivity contribution is 5.84. The molecule has 0 aromatic carbocycles. The third-order valence-corrected chi connectivity index (χ3v) is 2.66. The Morgan fingerprint density at radius 2 is 2.22 bits per heavy atom. The maximum absolute atomic E-state index is 11.3. The van der Waals surface area contributed by atoms with E-state index in [0.29, 0.717) is 16.9 Å². The molecule has 0 saturated heterocycles. The van der Waals surface area contributed by atoms with Gasteiger partial charge in [-0.1, -0.05) is 0 Å². The average molecular weight is 242 g/mol. The summed E-state index contributed by atoms with van der Waals surface area (Å²) in [5.74, 6) is 0.614. The normalized spacial score (nSPS) is 10.9. The third kappa shape index (κ3) is 1.68. The number of rotatable bonds is 2. The average Bonchev–Trinajstić information content (AvgIpc) is 2.86. The second-order valence-corrected chi connectivity index (χ2v) is 3.87. The van der Waals surface area contributed by atoms with Gasteiger partial charge in [0.15, 0.2) is 5.82 Å². The SMILES string of the molecule is O=c1ccc2c(-n3cc(CO)cn3)nccc2[nH]1. The number of nitrogens with zero attached hydrogens (tertiary/aromatic N) is 3. The molecule has 0 amide bonds. The fourth-order valence-corrected chi connectivity index (χ4v) is 1.81. The summed E-state index contributed by atoms with van der Waals surface area (Å²) < 4.78 is 1.58. The molecule has 0 unspecified atom stereocenters. The van der Waals surface area contributed by atoms with Crippen LogP contribution >= 0.6 is 0 Å². The molecule has 0 aliphatic heterocycles. The van der Waals surface area contributed by atoms with Gasteiger partial charge in [0.1, 0.15) is 0 Å². The van der Waals surface area contributed by atoms with E-state index in [4.69, 9.17) is 5.11 Å². The van der Waals surface area contributed by atoms with Crippen LogP contribution in [0.3, 0.4) is 0 Å². The van der Waals surface area contributed by atoms with Gasteiger partial charge in [-0.25, -0.2) is 9.67 Å². The summed E-state index contributed by atoms with van der Waals surface area (Å²) in [6.07, 6.45) is 4.88. The fraction of sp³-hybridized carbons (Fsp3) is 0.0833. The maximum atomic E-state index is 11.3. The number of aromatic amines is 1. The Balaban J connectivity index is 2.25. The topological polar surface area (TPSA) is 83.8 Å². The first-order valence-electron chi connectivity index (χ1n) is 5.41. The number of hydrogen-bond donors (Lipinski definition) is 2. The molecule has 6 nitrogen and oxygen atoms in total. The molecule has 3 aromatic heterocycles. The van der Waals surface area contributed by atoms with Crippen molar-refractivity contribution < 1.29 is 5.11 Å². The standard InChI is InChI=1S/C12H10N4O2/c17-7-8-5-14-16(6-8)12-9-1-2-11(18)15-10(9)3-4-13-12/h1-6,17H,7H2,(H,15,18). The molecular formula is C12H10N4O2. The lowest BCUT2D eigenvalue weighted by Gasteiger charge is -2.04. The lowest BCUT2D eigenvalue weighted by molar-refractivity contribution is 0.282. The van der Waals surface area contributed by atoms with Gasteiger partial charge < -0.3 is 10.1 Å². The van der Waals surface area contributed by atoms with Gasteiger partial charge in [-0.05, 0) is 12.1 Å². The first kappa shape index (κ1) is 10.7. The first-order chi connectivity index (χ1) is 8.78. The zero-order valence-electron chi connectivity index (χ0n) is 9.37.